The third kappa shape index (κ3) is 14.3. The minimum Gasteiger partial charge on any atom is -0.370 e. The summed E-state index contributed by atoms with van der Waals surface area (Å²) in [6, 6.07) is -1.06. The molecule has 2 aliphatic heterocycles. The monoisotopic (exact) mass is 1010 g/mol. The van der Waals surface area contributed by atoms with E-state index in [1.807, 2.05) is 42.5 Å². The van der Waals surface area contributed by atoms with Gasteiger partial charge in [0.05, 0.1) is 31.1 Å². The number of aromatic nitrogens is 4. The molecule has 3 aromatic rings. The maximum Gasteiger partial charge on any atom is 2.00 e. The summed E-state index contributed by atoms with van der Waals surface area (Å²) in [4.78, 5) is 113. The van der Waals surface area contributed by atoms with Crippen molar-refractivity contribution in [3.63, 3.8) is 0 Å². The molecule has 1 aromatic carbocycles. The maximum absolute atomic E-state index is 14.9. The van der Waals surface area contributed by atoms with Crippen LogP contribution in [0.15, 0.2) is 79.2 Å². The summed E-state index contributed by atoms with van der Waals surface area (Å²) in [5.74, 6) is -6.75. The van der Waals surface area contributed by atoms with Crippen LogP contribution in [0.5, 0.6) is 0 Å². The van der Waals surface area contributed by atoms with Crippen LogP contribution in [0.2, 0.25) is 0 Å². The molecule has 8 amide bonds. The number of H-pyrrole nitrogens is 1. The minimum absolute atomic E-state index is 0. The second-order valence-corrected chi connectivity index (χ2v) is 17.7. The Kier molecular flexibility index (Phi) is 19.8. The summed E-state index contributed by atoms with van der Waals surface area (Å²) < 4.78 is 1.59. The predicted molar refractivity (Wildman–Crippen MR) is 255 cm³/mol. The molecule has 2 aromatic heterocycles. The molecule has 0 radical (unpaired) electrons. The summed E-state index contributed by atoms with van der Waals surface area (Å²) in [6.07, 6.45) is 19.5. The van der Waals surface area contributed by atoms with Crippen molar-refractivity contribution < 1.29 is 55.4 Å². The fraction of sp³-hybridized carbons (Fsp3) is 0.458. The van der Waals surface area contributed by atoms with Crippen LogP contribution < -0.4 is 43.8 Å². The van der Waals surface area contributed by atoms with Crippen LogP contribution in [0.3, 0.4) is 0 Å². The molecule has 70 heavy (non-hydrogen) atoms. The van der Waals surface area contributed by atoms with Gasteiger partial charge in [-0.15, -0.1) is 5.10 Å². The maximum atomic E-state index is 14.9. The van der Waals surface area contributed by atoms with Crippen LogP contribution in [-0.4, -0.2) is 121 Å². The molecule has 0 unspecified atom stereocenters. The standard InChI is InChI=1S/C43H57N13O8.C5H6.Fe/c1-3-23(2)37-43(64)55-21-26(56-22-33(53-54-56)24-10-4-5-11-24)17-34(55)42(63)51-31(16-25-20-48-29-13-7-6-12-27(25)29)40(61)49-30(38(46)59)14-8-9-15-47-36(58)18-28(44)39(60)50-32(19-35(45)57)41(62)52-37;1-2-4-5-3-1;/h4-7,10,12-13,20,22-23,26,28,30-32,34,37,48H,3,8-9,11,14-19,21,44H2,1-2H3,(H2,45,57)(H2,46,59)(H,47,58)(H,49,61)(H,50,60)(H,51,63)(H,52,62);1-4H,5H2;/q;;+2/t23-,26-,28+,30-,31-,32-,34-,37-;;/m0../s1. The Morgan fingerprint density at radius 3 is 2.29 bits per heavy atom. The number of aromatic amines is 1. The van der Waals surface area contributed by atoms with E-state index in [2.05, 4.69) is 66.2 Å². The number of rotatable bonds is 9. The van der Waals surface area contributed by atoms with Gasteiger partial charge in [-0.1, -0.05) is 86.2 Å². The number of primary amides is 2. The van der Waals surface area contributed by atoms with Crippen molar-refractivity contribution in [2.75, 3.05) is 13.1 Å². The summed E-state index contributed by atoms with van der Waals surface area (Å²) >= 11 is 0. The van der Waals surface area contributed by atoms with E-state index in [-0.39, 0.29) is 49.4 Å². The number of nitrogens with one attached hydrogen (secondary N) is 6. The average molecular weight is 1010 g/mol. The van der Waals surface area contributed by atoms with E-state index in [4.69, 9.17) is 17.2 Å². The van der Waals surface area contributed by atoms with Gasteiger partial charge in [-0.05, 0) is 55.2 Å². The van der Waals surface area contributed by atoms with Crippen LogP contribution in [0.4, 0.5) is 0 Å². The molecule has 0 bridgehead atoms. The molecule has 2 saturated heterocycles. The Morgan fingerprint density at radius 1 is 0.886 bits per heavy atom. The molecule has 22 heteroatoms. The topological polar surface area (TPSA) is 325 Å². The quantitative estimate of drug-likeness (QED) is 0.132. The fourth-order valence-corrected chi connectivity index (χ4v) is 8.56. The van der Waals surface area contributed by atoms with Gasteiger partial charge in [0.15, 0.2) is 0 Å². The van der Waals surface area contributed by atoms with E-state index in [0.29, 0.717) is 36.9 Å². The molecule has 8 atom stereocenters. The van der Waals surface area contributed by atoms with Crippen molar-refractivity contribution in [1.82, 2.24) is 51.5 Å². The van der Waals surface area contributed by atoms with E-state index in [1.54, 1.807) is 30.9 Å². The number of amides is 8. The van der Waals surface area contributed by atoms with Gasteiger partial charge in [-0.25, -0.2) is 4.68 Å². The van der Waals surface area contributed by atoms with Crippen molar-refractivity contribution in [2.24, 2.45) is 23.1 Å². The molecule has 7 rings (SSSR count). The van der Waals surface area contributed by atoms with Crippen LogP contribution in [0.25, 0.3) is 16.5 Å². The number of fused-ring (bicyclic) bond motifs is 2. The number of nitrogens with two attached hydrogens (primary N) is 3. The number of nitrogens with zero attached hydrogens (tertiary/aromatic N) is 4. The summed E-state index contributed by atoms with van der Waals surface area (Å²) in [5.41, 5.74) is 20.3. The first kappa shape index (κ1) is 54.0. The molecule has 0 saturated carbocycles. The fourth-order valence-electron chi connectivity index (χ4n) is 8.56. The first-order chi connectivity index (χ1) is 33.1. The van der Waals surface area contributed by atoms with Crippen LogP contribution >= 0.6 is 0 Å². The zero-order valence-corrected chi connectivity index (χ0v) is 40.4. The Labute approximate surface area is 416 Å². The molecule has 21 nitrogen and oxygen atoms in total. The Morgan fingerprint density at radius 2 is 1.61 bits per heavy atom. The van der Waals surface area contributed by atoms with Crippen molar-refractivity contribution >= 4 is 63.7 Å². The number of hydrogen-bond acceptors (Lipinski definition) is 11. The molecule has 2 fully saturated rings. The van der Waals surface area contributed by atoms with Gasteiger partial charge in [-0.3, -0.25) is 38.4 Å². The van der Waals surface area contributed by atoms with E-state index >= 15 is 0 Å². The van der Waals surface area contributed by atoms with Gasteiger partial charge in [0.1, 0.15) is 35.9 Å². The van der Waals surface area contributed by atoms with E-state index < -0.39 is 108 Å². The number of carbonyl (C=O) groups excluding carboxylic acids is 8. The van der Waals surface area contributed by atoms with Gasteiger partial charge in [-0.2, -0.15) is 0 Å². The van der Waals surface area contributed by atoms with Gasteiger partial charge in [0.2, 0.25) is 47.3 Å². The number of hydrogen-bond donors (Lipinski definition) is 9. The van der Waals surface area contributed by atoms with E-state index in [0.717, 1.165) is 22.9 Å². The van der Waals surface area contributed by atoms with Gasteiger partial charge in [0.25, 0.3) is 0 Å². The SMILES string of the molecule is C1=CCC=C1.CC[C@H](C)[C@@H]1NC(=O)[C@H](CC(N)=O)NC(=O)[C@H](N)CC(=O)NCCCC[C@@H](C(N)=O)NC(=O)[C@H](Cc2c[nH]c3ccccc23)NC(=O)[C@@H]2C[C@H](n3cc(C4=CC=CC4)nn3)CN2C1=O.[Fe+2]. The first-order valence-electron chi connectivity index (χ1n) is 23.4. The van der Waals surface area contributed by atoms with E-state index in [9.17, 15) is 38.4 Å². The third-order valence-electron chi connectivity index (χ3n) is 12.7. The average Bonchev–Trinajstić information content (AvgIpc) is 4.19. The minimum atomic E-state index is -1.57. The Hall–Kier alpha value is -6.90. The first-order valence-corrected chi connectivity index (χ1v) is 23.4. The van der Waals surface area contributed by atoms with Crippen molar-refractivity contribution in [3.8, 4) is 0 Å². The molecule has 2 aliphatic carbocycles. The zero-order valence-electron chi connectivity index (χ0n) is 39.3. The number of carbonyl (C=O) groups is 8. The van der Waals surface area contributed by atoms with Crippen molar-refractivity contribution in [3.05, 3.63) is 90.4 Å². The van der Waals surface area contributed by atoms with Crippen LogP contribution in [0, 0.1) is 5.92 Å². The summed E-state index contributed by atoms with van der Waals surface area (Å²) in [7, 11) is 0. The molecule has 12 N–H and O–H groups in total. The Balaban J connectivity index is 0.00000143. The van der Waals surface area contributed by atoms with Gasteiger partial charge >= 0.3 is 17.1 Å². The molecule has 0 spiro atoms. The molecule has 4 heterocycles. The molecular formula is C48H63FeN13O8+2. The second kappa shape index (κ2) is 25.6. The number of para-hydroxylation sites is 1. The van der Waals surface area contributed by atoms with Gasteiger partial charge < -0.3 is 53.7 Å². The predicted octanol–water partition coefficient (Wildman–Crippen LogP) is 0.351. The number of allylic oxidation sites excluding steroid dienone is 8. The molecule has 4 aliphatic rings. The van der Waals surface area contributed by atoms with Crippen LogP contribution in [0.1, 0.15) is 88.9 Å². The Bertz CT molecular complexity index is 2510. The molecular weight excluding hydrogens is 942 g/mol. The third-order valence-corrected chi connectivity index (χ3v) is 12.7. The van der Waals surface area contributed by atoms with Crippen LogP contribution in [-0.2, 0) is 61.8 Å². The molecule has 374 valence electrons. The summed E-state index contributed by atoms with van der Waals surface area (Å²) in [6.45, 7) is 3.60. The normalized spacial score (nSPS) is 25.3. The van der Waals surface area contributed by atoms with Crippen molar-refractivity contribution in [2.45, 2.75) is 120 Å². The summed E-state index contributed by atoms with van der Waals surface area (Å²) in [5, 5.41) is 22.9. The smallest absolute Gasteiger partial charge is 0.370 e. The van der Waals surface area contributed by atoms with Crippen molar-refractivity contribution in [1.29, 1.82) is 0 Å². The second-order valence-electron chi connectivity index (χ2n) is 17.7. The number of benzene rings is 1. The zero-order chi connectivity index (χ0) is 49.6. The van der Waals surface area contributed by atoms with E-state index in [1.165, 1.54) is 4.90 Å². The van der Waals surface area contributed by atoms with Gasteiger partial charge in [0, 0.05) is 43.0 Å². The largest absolute Gasteiger partial charge is 2.00 e.